The second kappa shape index (κ2) is 4.66. The first-order chi connectivity index (χ1) is 6.20. The van der Waals surface area contributed by atoms with Gasteiger partial charge in [0.15, 0.2) is 0 Å². The minimum atomic E-state index is 0.0368. The Balaban J connectivity index is 2.10. The molecule has 0 aliphatic carbocycles. The van der Waals surface area contributed by atoms with E-state index in [1.54, 1.807) is 0 Å². The van der Waals surface area contributed by atoms with Gasteiger partial charge in [-0.3, -0.25) is 10.2 Å². The third kappa shape index (κ3) is 3.29. The SMILES string of the molecule is CC(C)C(=O)NCCC1=NNNN1. The summed E-state index contributed by atoms with van der Waals surface area (Å²) < 4.78 is 0. The topological polar surface area (TPSA) is 77.5 Å². The molecule has 0 spiro atoms. The van der Waals surface area contributed by atoms with Gasteiger partial charge in [0.05, 0.1) is 0 Å². The van der Waals surface area contributed by atoms with Crippen molar-refractivity contribution >= 4 is 11.7 Å². The highest BCUT2D eigenvalue weighted by molar-refractivity contribution is 5.83. The number of hydrazone groups is 1. The van der Waals surface area contributed by atoms with Crippen molar-refractivity contribution in [2.24, 2.45) is 11.0 Å². The van der Waals surface area contributed by atoms with Crippen LogP contribution in [0.5, 0.6) is 0 Å². The quantitative estimate of drug-likeness (QED) is 0.456. The van der Waals surface area contributed by atoms with Crippen LogP contribution in [0.25, 0.3) is 0 Å². The predicted octanol–water partition coefficient (Wildman–Crippen LogP) is -0.925. The molecule has 0 radical (unpaired) electrons. The van der Waals surface area contributed by atoms with Gasteiger partial charge in [0.1, 0.15) is 5.84 Å². The highest BCUT2D eigenvalue weighted by atomic mass is 16.1. The number of nitrogens with zero attached hydrogens (tertiary/aromatic N) is 1. The van der Waals surface area contributed by atoms with Crippen molar-refractivity contribution in [1.82, 2.24) is 21.8 Å². The molecule has 6 nitrogen and oxygen atoms in total. The molecule has 1 amide bonds. The standard InChI is InChI=1S/C7H15N5O/c1-5(2)7(13)8-4-3-6-9-11-12-10-6/h5,11-12H,3-4H2,1-2H3,(H,8,13)(H,9,10). The van der Waals surface area contributed by atoms with Gasteiger partial charge in [-0.05, 0) is 0 Å². The zero-order valence-corrected chi connectivity index (χ0v) is 7.85. The molecular weight excluding hydrogens is 170 g/mol. The molecule has 0 bridgehead atoms. The van der Waals surface area contributed by atoms with Gasteiger partial charge in [-0.25, -0.2) is 5.53 Å². The minimum Gasteiger partial charge on any atom is -0.355 e. The minimum absolute atomic E-state index is 0.0368. The van der Waals surface area contributed by atoms with Crippen LogP contribution in [-0.4, -0.2) is 18.3 Å². The van der Waals surface area contributed by atoms with Gasteiger partial charge < -0.3 is 5.32 Å². The van der Waals surface area contributed by atoms with E-state index in [9.17, 15) is 4.79 Å². The number of amidine groups is 1. The lowest BCUT2D eigenvalue weighted by molar-refractivity contribution is -0.123. The molecule has 0 fully saturated rings. The van der Waals surface area contributed by atoms with Crippen molar-refractivity contribution in [3.8, 4) is 0 Å². The fourth-order valence-corrected chi connectivity index (χ4v) is 0.850. The van der Waals surface area contributed by atoms with Crippen LogP contribution >= 0.6 is 0 Å². The van der Waals surface area contributed by atoms with Crippen LogP contribution in [0.4, 0.5) is 0 Å². The van der Waals surface area contributed by atoms with Crippen LogP contribution in [0.2, 0.25) is 0 Å². The summed E-state index contributed by atoms with van der Waals surface area (Å²) in [5.74, 6) is 0.901. The van der Waals surface area contributed by atoms with Gasteiger partial charge in [0.2, 0.25) is 5.91 Å². The number of amides is 1. The zero-order chi connectivity index (χ0) is 9.68. The summed E-state index contributed by atoms with van der Waals surface area (Å²) in [6.45, 7) is 4.33. The Bertz CT molecular complexity index is 213. The van der Waals surface area contributed by atoms with Crippen molar-refractivity contribution in [2.45, 2.75) is 20.3 Å². The molecule has 74 valence electrons. The Morgan fingerprint density at radius 1 is 1.62 bits per heavy atom. The Kier molecular flexibility index (Phi) is 3.51. The van der Waals surface area contributed by atoms with Crippen LogP contribution in [0.1, 0.15) is 20.3 Å². The van der Waals surface area contributed by atoms with Crippen molar-refractivity contribution in [1.29, 1.82) is 0 Å². The molecule has 0 aromatic carbocycles. The van der Waals surface area contributed by atoms with Crippen molar-refractivity contribution in [3.05, 3.63) is 0 Å². The summed E-state index contributed by atoms with van der Waals surface area (Å²) in [6, 6.07) is 0. The molecule has 0 unspecified atom stereocenters. The fourth-order valence-electron chi connectivity index (χ4n) is 0.850. The fraction of sp³-hybridized carbons (Fsp3) is 0.714. The summed E-state index contributed by atoms with van der Waals surface area (Å²) in [6.07, 6.45) is 0.693. The largest absolute Gasteiger partial charge is 0.355 e. The van der Waals surface area contributed by atoms with Gasteiger partial charge >= 0.3 is 0 Å². The number of hydrogen-bond acceptors (Lipinski definition) is 5. The maximum Gasteiger partial charge on any atom is 0.222 e. The van der Waals surface area contributed by atoms with Gasteiger partial charge in [-0.1, -0.05) is 13.8 Å². The van der Waals surface area contributed by atoms with Crippen molar-refractivity contribution in [3.63, 3.8) is 0 Å². The number of hydrazine groups is 2. The van der Waals surface area contributed by atoms with E-state index in [4.69, 9.17) is 0 Å². The first kappa shape index (κ1) is 9.79. The average Bonchev–Trinajstić information content (AvgIpc) is 2.56. The summed E-state index contributed by atoms with van der Waals surface area (Å²) in [4.78, 5) is 11.1. The smallest absolute Gasteiger partial charge is 0.222 e. The number of carbonyl (C=O) groups is 1. The Labute approximate surface area is 77.1 Å². The zero-order valence-electron chi connectivity index (χ0n) is 7.85. The number of carbonyl (C=O) groups excluding carboxylic acids is 1. The Morgan fingerprint density at radius 2 is 2.38 bits per heavy atom. The van der Waals surface area contributed by atoms with E-state index in [2.05, 4.69) is 26.9 Å². The van der Waals surface area contributed by atoms with Crippen LogP contribution < -0.4 is 21.8 Å². The van der Waals surface area contributed by atoms with E-state index in [0.717, 1.165) is 5.84 Å². The molecule has 4 N–H and O–H groups in total. The predicted molar refractivity (Wildman–Crippen MR) is 49.3 cm³/mol. The van der Waals surface area contributed by atoms with Gasteiger partial charge in [-0.15, -0.1) is 10.6 Å². The van der Waals surface area contributed by atoms with E-state index >= 15 is 0 Å². The lowest BCUT2D eigenvalue weighted by atomic mass is 10.2. The normalized spacial score (nSPS) is 14.8. The van der Waals surface area contributed by atoms with E-state index < -0.39 is 0 Å². The molecule has 0 aromatic rings. The third-order valence-electron chi connectivity index (χ3n) is 1.64. The Morgan fingerprint density at radius 3 is 2.92 bits per heavy atom. The first-order valence-electron chi connectivity index (χ1n) is 4.30. The van der Waals surface area contributed by atoms with E-state index in [1.165, 1.54) is 0 Å². The highest BCUT2D eigenvalue weighted by Gasteiger charge is 2.07. The second-order valence-corrected chi connectivity index (χ2v) is 3.12. The number of rotatable bonds is 4. The average molecular weight is 185 g/mol. The second-order valence-electron chi connectivity index (χ2n) is 3.12. The summed E-state index contributed by atoms with van der Waals surface area (Å²) in [5.41, 5.74) is 7.96. The van der Waals surface area contributed by atoms with Crippen molar-refractivity contribution in [2.75, 3.05) is 6.54 Å². The third-order valence-corrected chi connectivity index (χ3v) is 1.64. The number of nitrogens with one attached hydrogen (secondary N) is 4. The molecule has 1 heterocycles. The highest BCUT2D eigenvalue weighted by Crippen LogP contribution is 1.90. The molecular formula is C7H15N5O. The van der Waals surface area contributed by atoms with E-state index in [0.29, 0.717) is 13.0 Å². The molecule has 1 aliphatic rings. The molecule has 0 aromatic heterocycles. The molecule has 1 rings (SSSR count). The van der Waals surface area contributed by atoms with Crippen LogP contribution in [0.3, 0.4) is 0 Å². The summed E-state index contributed by atoms with van der Waals surface area (Å²) >= 11 is 0. The molecule has 0 atom stereocenters. The van der Waals surface area contributed by atoms with Gasteiger partial charge in [0.25, 0.3) is 0 Å². The summed E-state index contributed by atoms with van der Waals surface area (Å²) in [7, 11) is 0. The Hall–Kier alpha value is -1.30. The summed E-state index contributed by atoms with van der Waals surface area (Å²) in [5, 5.41) is 6.66. The van der Waals surface area contributed by atoms with Crippen LogP contribution in [-0.2, 0) is 4.79 Å². The molecule has 0 saturated heterocycles. The maximum atomic E-state index is 11.1. The monoisotopic (exact) mass is 185 g/mol. The first-order valence-corrected chi connectivity index (χ1v) is 4.30. The van der Waals surface area contributed by atoms with Crippen LogP contribution in [0, 0.1) is 5.92 Å². The molecule has 6 heteroatoms. The molecule has 1 aliphatic heterocycles. The van der Waals surface area contributed by atoms with E-state index in [-0.39, 0.29) is 11.8 Å². The van der Waals surface area contributed by atoms with E-state index in [1.807, 2.05) is 13.8 Å². The van der Waals surface area contributed by atoms with Crippen LogP contribution in [0.15, 0.2) is 5.10 Å². The van der Waals surface area contributed by atoms with Gasteiger partial charge in [0, 0.05) is 18.9 Å². The van der Waals surface area contributed by atoms with Gasteiger partial charge in [-0.2, -0.15) is 0 Å². The molecule has 13 heavy (non-hydrogen) atoms. The van der Waals surface area contributed by atoms with Crippen molar-refractivity contribution < 1.29 is 4.79 Å². The molecule has 0 saturated carbocycles. The lowest BCUT2D eigenvalue weighted by Gasteiger charge is -2.06. The lowest BCUT2D eigenvalue weighted by Crippen LogP contribution is -2.37. The maximum absolute atomic E-state index is 11.1. The number of hydrogen-bond donors (Lipinski definition) is 4.